The van der Waals surface area contributed by atoms with Crippen LogP contribution in [-0.2, 0) is 48.0 Å². The van der Waals surface area contributed by atoms with Gasteiger partial charge in [0, 0.05) is 42.7 Å². The molecule has 0 fully saturated rings. The first-order valence-corrected chi connectivity index (χ1v) is 19.8. The maximum Gasteiger partial charge on any atom is 0.326 e. The Morgan fingerprint density at radius 1 is 0.661 bits per heavy atom. The van der Waals surface area contributed by atoms with E-state index in [0.29, 0.717) is 22.4 Å². The second kappa shape index (κ2) is 19.4. The number of fused-ring (bicyclic) bond motifs is 18. The highest BCUT2D eigenvalue weighted by atomic mass is 32.1. The van der Waals surface area contributed by atoms with Gasteiger partial charge in [0.2, 0.25) is 29.5 Å². The topological polar surface area (TPSA) is 203 Å². The summed E-state index contributed by atoms with van der Waals surface area (Å²) >= 11 is 1.38. The summed E-state index contributed by atoms with van der Waals surface area (Å²) in [6.07, 6.45) is -0.520. The number of hydrogen-bond acceptors (Lipinski definition) is 8. The van der Waals surface area contributed by atoms with Crippen molar-refractivity contribution in [2.45, 2.75) is 56.3 Å². The lowest BCUT2D eigenvalue weighted by Gasteiger charge is -2.27. The van der Waals surface area contributed by atoms with Gasteiger partial charge in [-0.15, -0.1) is 11.3 Å². The fourth-order valence-corrected chi connectivity index (χ4v) is 7.30. The fourth-order valence-electron chi connectivity index (χ4n) is 6.55. The monoisotopic (exact) mass is 813 g/mol. The van der Waals surface area contributed by atoms with E-state index in [1.165, 1.54) is 35.6 Å². The van der Waals surface area contributed by atoms with Crippen LogP contribution in [0, 0.1) is 0 Å². The molecule has 0 aliphatic carbocycles. The van der Waals surface area contributed by atoms with Gasteiger partial charge < -0.3 is 36.8 Å². The van der Waals surface area contributed by atoms with Gasteiger partial charge in [-0.3, -0.25) is 24.0 Å². The Labute approximate surface area is 344 Å². The lowest BCUT2D eigenvalue weighted by molar-refractivity contribution is -0.142. The number of carbonyl (C=O) groups is 6. The van der Waals surface area contributed by atoms with Gasteiger partial charge in [-0.1, -0.05) is 91.5 Å². The molecule has 5 aromatic rings. The van der Waals surface area contributed by atoms with Crippen LogP contribution in [0.1, 0.15) is 34.4 Å². The van der Waals surface area contributed by atoms with Crippen LogP contribution in [0.5, 0.6) is 5.75 Å². The maximum absolute atomic E-state index is 14.5. The molecular weight excluding hydrogens is 771 g/mol. The lowest BCUT2D eigenvalue weighted by Crippen LogP contribution is -2.58. The summed E-state index contributed by atoms with van der Waals surface area (Å²) in [6.45, 7) is 4.08. The third kappa shape index (κ3) is 11.5. The van der Waals surface area contributed by atoms with Gasteiger partial charge in [0.25, 0.3) is 0 Å². The van der Waals surface area contributed by atoms with Crippen LogP contribution in [0.15, 0.2) is 127 Å². The van der Waals surface area contributed by atoms with E-state index in [-0.39, 0.29) is 43.4 Å². The molecule has 3 heterocycles. The number of rotatable bonds is 8. The van der Waals surface area contributed by atoms with Crippen molar-refractivity contribution in [3.05, 3.63) is 149 Å². The molecule has 1 aromatic heterocycles. The first-order valence-electron chi connectivity index (χ1n) is 18.9. The van der Waals surface area contributed by atoms with Gasteiger partial charge >= 0.3 is 5.97 Å². The van der Waals surface area contributed by atoms with Crippen molar-refractivity contribution < 1.29 is 39.0 Å². The summed E-state index contributed by atoms with van der Waals surface area (Å²) < 4.78 is 0. The molecule has 7 rings (SSSR count). The first-order chi connectivity index (χ1) is 28.4. The minimum Gasteiger partial charge on any atom is -0.508 e. The van der Waals surface area contributed by atoms with Crippen molar-refractivity contribution in [2.24, 2.45) is 0 Å². The van der Waals surface area contributed by atoms with E-state index in [1.54, 1.807) is 30.3 Å². The number of hydrogen-bond donors (Lipinski definition) is 7. The average Bonchev–Trinajstić information content (AvgIpc) is 3.75. The van der Waals surface area contributed by atoms with Crippen LogP contribution in [0.4, 0.5) is 5.69 Å². The zero-order chi connectivity index (χ0) is 41.9. The van der Waals surface area contributed by atoms with Crippen LogP contribution >= 0.6 is 11.3 Å². The molecule has 302 valence electrons. The minimum atomic E-state index is -1.54. The molecule has 0 saturated carbocycles. The van der Waals surface area contributed by atoms with Crippen molar-refractivity contribution in [2.75, 3.05) is 5.32 Å². The molecular formula is C45H43N5O8S. The molecule has 4 atom stereocenters. The quantitative estimate of drug-likeness (QED) is 0.110. The molecule has 14 heteroatoms. The molecule has 2 aliphatic heterocycles. The molecule has 4 aromatic carbocycles. The third-order valence-electron chi connectivity index (χ3n) is 9.78. The number of benzene rings is 4. The maximum atomic E-state index is 14.5. The molecule has 13 nitrogen and oxygen atoms in total. The smallest absolute Gasteiger partial charge is 0.326 e. The van der Waals surface area contributed by atoms with Crippen molar-refractivity contribution in [3.63, 3.8) is 0 Å². The second-order valence-electron chi connectivity index (χ2n) is 14.1. The predicted molar refractivity (Wildman–Crippen MR) is 224 cm³/mol. The SMILES string of the molecule is C=C(c1ccc(O)cc1)[C@@H]1NC(=O)[C@H](Cc2ccc(-c3ccccc3)cc2)NC(=O)[C@@H](Cc2cccs2)NC(=O)CCC(=O)Nc2ccc(cc2)C[C@@H](C(=O)O)NC1=O. The molecule has 0 saturated heterocycles. The Kier molecular flexibility index (Phi) is 13.7. The van der Waals surface area contributed by atoms with Crippen molar-refractivity contribution >= 4 is 58.1 Å². The molecule has 5 amide bonds. The van der Waals surface area contributed by atoms with Crippen molar-refractivity contribution in [1.82, 2.24) is 21.3 Å². The molecule has 2 aliphatic rings. The van der Waals surface area contributed by atoms with Crippen molar-refractivity contribution in [3.8, 4) is 16.9 Å². The summed E-state index contributed by atoms with van der Waals surface area (Å²) in [5.41, 5.74) is 3.95. The summed E-state index contributed by atoms with van der Waals surface area (Å²) in [4.78, 5) is 82.2. The number of carbonyl (C=O) groups excluding carboxylic acids is 5. The zero-order valence-electron chi connectivity index (χ0n) is 31.9. The molecule has 59 heavy (non-hydrogen) atoms. The third-order valence-corrected chi connectivity index (χ3v) is 10.7. The molecule has 2 bridgehead atoms. The van der Waals surface area contributed by atoms with Gasteiger partial charge in [-0.25, -0.2) is 4.79 Å². The van der Waals surface area contributed by atoms with Gasteiger partial charge in [0.05, 0.1) is 0 Å². The number of nitrogens with one attached hydrogen (secondary N) is 5. The largest absolute Gasteiger partial charge is 0.508 e. The predicted octanol–water partition coefficient (Wildman–Crippen LogP) is 4.62. The van der Waals surface area contributed by atoms with E-state index in [1.807, 2.05) is 66.0 Å². The van der Waals surface area contributed by atoms with Crippen LogP contribution in [0.25, 0.3) is 16.7 Å². The number of carboxylic acid groups (broad SMARTS) is 1. The highest BCUT2D eigenvalue weighted by molar-refractivity contribution is 7.09. The Bertz CT molecular complexity index is 2300. The molecule has 0 unspecified atom stereocenters. The second-order valence-corrected chi connectivity index (χ2v) is 15.1. The van der Waals surface area contributed by atoms with Crippen molar-refractivity contribution in [1.29, 1.82) is 0 Å². The first kappa shape index (κ1) is 41.6. The lowest BCUT2D eigenvalue weighted by atomic mass is 9.96. The number of phenolic OH excluding ortho intramolecular Hbond substituents is 1. The van der Waals surface area contributed by atoms with E-state index >= 15 is 0 Å². The van der Waals surface area contributed by atoms with Gasteiger partial charge in [0.15, 0.2) is 0 Å². The highest BCUT2D eigenvalue weighted by Gasteiger charge is 2.33. The number of thiophene rings is 1. The normalized spacial score (nSPS) is 19.6. The Balaban J connectivity index is 1.37. The fraction of sp³-hybridized carbons (Fsp3) is 0.200. The summed E-state index contributed by atoms with van der Waals surface area (Å²) in [6, 6.07) is 27.4. The zero-order valence-corrected chi connectivity index (χ0v) is 32.7. The van der Waals surface area contributed by atoms with Crippen LogP contribution < -0.4 is 26.6 Å². The van der Waals surface area contributed by atoms with Gasteiger partial charge in [-0.05, 0) is 69.1 Å². The van der Waals surface area contributed by atoms with Crippen LogP contribution in [-0.4, -0.2) is 69.9 Å². The number of aromatic hydroxyl groups is 1. The van der Waals surface area contributed by atoms with E-state index in [0.717, 1.165) is 16.0 Å². The Morgan fingerprint density at radius 2 is 1.31 bits per heavy atom. The van der Waals surface area contributed by atoms with E-state index in [2.05, 4.69) is 33.2 Å². The summed E-state index contributed by atoms with van der Waals surface area (Å²) in [7, 11) is 0. The summed E-state index contributed by atoms with van der Waals surface area (Å²) in [5.74, 6) is -4.78. The summed E-state index contributed by atoms with van der Waals surface area (Å²) in [5, 5.41) is 35.5. The number of amides is 5. The number of anilines is 1. The molecule has 0 spiro atoms. The standard InChI is InChI=1S/C45H43N5O8S/c1-27(30-15-19-34(51)20-16-30)41-44(56)49-38(45(57)58)25-29-11-17-33(18-12-29)46-39(52)21-22-40(53)47-37(26-35-8-5-23-59-35)42(54)48-36(43(55)50-41)24-28-9-13-32(14-10-28)31-6-3-2-4-7-31/h2-20,23,36-38,41,51H,1,21-22,24-26H2,(H,46,52)(H,47,53)(H,48,54)(H,49,56)(H,50,55)(H,57,58)/t36-,37+,38-,41-/m0/s1. The van der Waals surface area contributed by atoms with E-state index in [4.69, 9.17) is 0 Å². The minimum absolute atomic E-state index is 0.0416. The van der Waals surface area contributed by atoms with E-state index in [9.17, 15) is 39.0 Å². The van der Waals surface area contributed by atoms with Gasteiger partial charge in [-0.2, -0.15) is 0 Å². The number of carboxylic acids is 1. The Hall–Kier alpha value is -7.06. The Morgan fingerprint density at radius 3 is 1.97 bits per heavy atom. The van der Waals surface area contributed by atoms with Crippen LogP contribution in [0.3, 0.4) is 0 Å². The molecule has 7 N–H and O–H groups in total. The number of phenols is 1. The highest BCUT2D eigenvalue weighted by Crippen LogP contribution is 2.23. The van der Waals surface area contributed by atoms with Gasteiger partial charge in [0.1, 0.15) is 29.9 Å². The number of aliphatic carboxylic acids is 1. The molecule has 0 radical (unpaired) electrons. The average molecular weight is 814 g/mol. The van der Waals surface area contributed by atoms with Crippen LogP contribution in [0.2, 0.25) is 0 Å². The van der Waals surface area contributed by atoms with E-state index < -0.39 is 59.7 Å².